The lowest BCUT2D eigenvalue weighted by Gasteiger charge is -2.48. The van der Waals surface area contributed by atoms with Crippen LogP contribution in [-0.4, -0.2) is 70.5 Å². The molecule has 41 heavy (non-hydrogen) atoms. The molecule has 0 saturated carbocycles. The maximum absolute atomic E-state index is 14.9. The molecule has 1 N–H and O–H groups in total. The highest BCUT2D eigenvalue weighted by Crippen LogP contribution is 2.33. The average Bonchev–Trinajstić information content (AvgIpc) is 2.97. The van der Waals surface area contributed by atoms with E-state index in [1.54, 1.807) is 37.2 Å². The van der Waals surface area contributed by atoms with Crippen LogP contribution in [0.2, 0.25) is 0 Å². The number of carbonyl (C=O) groups is 2. The molecule has 10 heteroatoms. The van der Waals surface area contributed by atoms with E-state index >= 15 is 0 Å². The molecule has 1 aliphatic rings. The zero-order chi connectivity index (χ0) is 29.5. The van der Waals surface area contributed by atoms with Crippen LogP contribution in [0.5, 0.6) is 0 Å². The van der Waals surface area contributed by atoms with Gasteiger partial charge in [0.1, 0.15) is 17.7 Å². The van der Waals surface area contributed by atoms with Gasteiger partial charge in [-0.1, -0.05) is 44.2 Å². The molecular weight excluding hydrogens is 528 g/mol. The summed E-state index contributed by atoms with van der Waals surface area (Å²) in [5, 5.41) is 2.97. The van der Waals surface area contributed by atoms with E-state index in [1.165, 1.54) is 25.3 Å². The Bertz CT molecular complexity index is 1300. The number of benzene rings is 2. The Kier molecular flexibility index (Phi) is 10.1. The van der Waals surface area contributed by atoms with Crippen LogP contribution in [0, 0.1) is 17.6 Å². The number of carbonyl (C=O) groups excluding carboxylic acids is 2. The molecule has 3 atom stereocenters. The monoisotopic (exact) mass is 565 g/mol. The van der Waals surface area contributed by atoms with Crippen molar-refractivity contribution in [2.45, 2.75) is 51.9 Å². The molecule has 1 aliphatic heterocycles. The fourth-order valence-corrected chi connectivity index (χ4v) is 5.35. The first-order valence-electron chi connectivity index (χ1n) is 13.8. The quantitative estimate of drug-likeness (QED) is 0.393. The molecule has 1 saturated heterocycles. The summed E-state index contributed by atoms with van der Waals surface area (Å²) in [4.78, 5) is 39.0. The highest BCUT2D eigenvalue weighted by molar-refractivity contribution is 5.89. The van der Waals surface area contributed by atoms with Crippen LogP contribution >= 0.6 is 0 Å². The molecule has 0 unspecified atom stereocenters. The van der Waals surface area contributed by atoms with Gasteiger partial charge in [0.05, 0.1) is 0 Å². The largest absolute Gasteiger partial charge is 0.385 e. The summed E-state index contributed by atoms with van der Waals surface area (Å²) in [6, 6.07) is 11.2. The van der Waals surface area contributed by atoms with Crippen molar-refractivity contribution in [2.75, 3.05) is 26.8 Å². The van der Waals surface area contributed by atoms with Gasteiger partial charge in [-0.3, -0.25) is 14.5 Å². The van der Waals surface area contributed by atoms with Gasteiger partial charge in [-0.25, -0.2) is 18.7 Å². The van der Waals surface area contributed by atoms with Gasteiger partial charge in [0.2, 0.25) is 11.8 Å². The van der Waals surface area contributed by atoms with Crippen molar-refractivity contribution in [3.8, 4) is 11.4 Å². The zero-order valence-corrected chi connectivity index (χ0v) is 23.9. The smallest absolute Gasteiger partial charge is 0.244 e. The van der Waals surface area contributed by atoms with Gasteiger partial charge >= 0.3 is 0 Å². The lowest BCUT2D eigenvalue weighted by molar-refractivity contribution is -0.151. The third-order valence-electron chi connectivity index (χ3n) is 7.38. The van der Waals surface area contributed by atoms with E-state index in [9.17, 15) is 18.4 Å². The van der Waals surface area contributed by atoms with Crippen LogP contribution in [0.1, 0.15) is 44.4 Å². The minimum atomic E-state index is -0.842. The Labute approximate surface area is 239 Å². The molecule has 2 heterocycles. The van der Waals surface area contributed by atoms with Gasteiger partial charge in [0.25, 0.3) is 0 Å². The number of halogens is 2. The summed E-state index contributed by atoms with van der Waals surface area (Å²) >= 11 is 0. The fourth-order valence-electron chi connectivity index (χ4n) is 5.35. The third kappa shape index (κ3) is 7.12. The first-order valence-corrected chi connectivity index (χ1v) is 13.8. The minimum absolute atomic E-state index is 0.0537. The van der Waals surface area contributed by atoms with Crippen LogP contribution < -0.4 is 5.32 Å². The predicted octanol–water partition coefficient (Wildman–Crippen LogP) is 4.37. The Morgan fingerprint density at radius 3 is 2.29 bits per heavy atom. The van der Waals surface area contributed by atoms with Crippen molar-refractivity contribution < 1.29 is 23.1 Å². The van der Waals surface area contributed by atoms with Crippen LogP contribution in [0.25, 0.3) is 11.4 Å². The summed E-state index contributed by atoms with van der Waals surface area (Å²) in [6.45, 7) is 6.46. The van der Waals surface area contributed by atoms with Crippen molar-refractivity contribution in [1.82, 2.24) is 25.1 Å². The van der Waals surface area contributed by atoms with Crippen LogP contribution in [0.15, 0.2) is 60.9 Å². The summed E-state index contributed by atoms with van der Waals surface area (Å²) in [6.07, 6.45) is 3.68. The number of hydrogen-bond donors (Lipinski definition) is 1. The van der Waals surface area contributed by atoms with Crippen LogP contribution in [0.4, 0.5) is 8.78 Å². The molecule has 4 rings (SSSR count). The number of amides is 2. The molecule has 0 aliphatic carbocycles. The second-order valence-electron chi connectivity index (χ2n) is 10.6. The Morgan fingerprint density at radius 2 is 1.68 bits per heavy atom. The number of aromatic nitrogens is 2. The number of rotatable bonds is 10. The number of methoxy groups -OCH3 is 1. The molecule has 8 nitrogen and oxygen atoms in total. The van der Waals surface area contributed by atoms with E-state index in [0.717, 1.165) is 11.1 Å². The van der Waals surface area contributed by atoms with Gasteiger partial charge < -0.3 is 15.0 Å². The van der Waals surface area contributed by atoms with Gasteiger partial charge in [0.15, 0.2) is 5.82 Å². The standard InChI is InChI=1S/C31H37F2N5O3/c1-20(2)31(40)38-21(3)18-37(26(13-16-41-4)28-24(32)7-5-8-25(28)33)19-27(38)30(39)36-17-22-9-11-23(12-10-22)29-34-14-6-15-35-29/h5-12,14-15,20-21,26-27H,13,16-19H2,1-4H3,(H,36,39)/t21-,26-,27-/m1/s1. The number of piperazine rings is 1. The number of hydrogen-bond acceptors (Lipinski definition) is 6. The van der Waals surface area contributed by atoms with Gasteiger partial charge in [-0.2, -0.15) is 0 Å². The third-order valence-corrected chi connectivity index (χ3v) is 7.38. The van der Waals surface area contributed by atoms with E-state index in [0.29, 0.717) is 18.8 Å². The summed E-state index contributed by atoms with van der Waals surface area (Å²) in [7, 11) is 1.53. The van der Waals surface area contributed by atoms with Crippen molar-refractivity contribution in [3.05, 3.63) is 83.7 Å². The SMILES string of the molecule is COCC[C@H](c1c(F)cccc1F)N1C[C@@H](C)N(C(=O)C(C)C)[C@@H](C(=O)NCc2ccc(-c3ncccn3)cc2)C1. The normalized spacial score (nSPS) is 18.4. The predicted molar refractivity (Wildman–Crippen MR) is 151 cm³/mol. The summed E-state index contributed by atoms with van der Waals surface area (Å²) < 4.78 is 35.1. The lowest BCUT2D eigenvalue weighted by atomic mass is 9.95. The van der Waals surface area contributed by atoms with Crippen molar-refractivity contribution in [2.24, 2.45) is 5.92 Å². The molecule has 2 amide bonds. The fraction of sp³-hybridized carbons (Fsp3) is 0.419. The maximum Gasteiger partial charge on any atom is 0.244 e. The highest BCUT2D eigenvalue weighted by atomic mass is 19.1. The first kappa shape index (κ1) is 30.2. The maximum atomic E-state index is 14.9. The highest BCUT2D eigenvalue weighted by Gasteiger charge is 2.42. The molecule has 0 spiro atoms. The molecule has 0 bridgehead atoms. The lowest BCUT2D eigenvalue weighted by Crippen LogP contribution is -2.65. The Hall–Kier alpha value is -3.76. The minimum Gasteiger partial charge on any atom is -0.385 e. The Balaban J connectivity index is 1.56. The summed E-state index contributed by atoms with van der Waals surface area (Å²) in [5.74, 6) is -1.48. The second-order valence-corrected chi connectivity index (χ2v) is 10.6. The first-order chi connectivity index (χ1) is 19.7. The molecule has 2 aromatic carbocycles. The van der Waals surface area contributed by atoms with Crippen molar-refractivity contribution in [1.29, 1.82) is 0 Å². The number of nitrogens with one attached hydrogen (secondary N) is 1. The molecule has 3 aromatic rings. The molecule has 0 radical (unpaired) electrons. The number of nitrogens with zero attached hydrogens (tertiary/aromatic N) is 4. The molecule has 1 aromatic heterocycles. The van der Waals surface area contributed by atoms with E-state index in [-0.39, 0.29) is 49.0 Å². The van der Waals surface area contributed by atoms with Crippen LogP contribution in [-0.2, 0) is 20.9 Å². The topological polar surface area (TPSA) is 87.7 Å². The average molecular weight is 566 g/mol. The summed E-state index contributed by atoms with van der Waals surface area (Å²) in [5.41, 5.74) is 1.67. The molecular formula is C31H37F2N5O3. The molecule has 1 fully saturated rings. The zero-order valence-electron chi connectivity index (χ0n) is 23.9. The van der Waals surface area contributed by atoms with E-state index in [2.05, 4.69) is 15.3 Å². The number of ether oxygens (including phenoxy) is 1. The Morgan fingerprint density at radius 1 is 1.02 bits per heavy atom. The van der Waals surface area contributed by atoms with Crippen LogP contribution in [0.3, 0.4) is 0 Å². The van der Waals surface area contributed by atoms with Gasteiger partial charge in [-0.15, -0.1) is 0 Å². The van der Waals surface area contributed by atoms with E-state index in [4.69, 9.17) is 4.74 Å². The van der Waals surface area contributed by atoms with Gasteiger partial charge in [0, 0.05) is 74.9 Å². The van der Waals surface area contributed by atoms with Crippen molar-refractivity contribution >= 4 is 11.8 Å². The molecule has 218 valence electrons. The van der Waals surface area contributed by atoms with E-state index in [1.807, 2.05) is 36.1 Å². The second kappa shape index (κ2) is 13.7. The van der Waals surface area contributed by atoms with E-state index < -0.39 is 23.7 Å². The van der Waals surface area contributed by atoms with Crippen molar-refractivity contribution in [3.63, 3.8) is 0 Å². The van der Waals surface area contributed by atoms with Gasteiger partial charge in [-0.05, 0) is 37.1 Å².